The van der Waals surface area contributed by atoms with Crippen LogP contribution in [0.2, 0.25) is 0 Å². The Kier molecular flexibility index (Phi) is 7.28. The van der Waals surface area contributed by atoms with Gasteiger partial charge in [0.15, 0.2) is 0 Å². The maximum Gasteiger partial charge on any atom is 1.00 e. The maximum atomic E-state index is 9.50. The summed E-state index contributed by atoms with van der Waals surface area (Å²) in [5, 5.41) is 13.0. The van der Waals surface area contributed by atoms with Gasteiger partial charge in [0.05, 0.1) is 18.0 Å². The summed E-state index contributed by atoms with van der Waals surface area (Å²) in [5.74, 6) is 0. The van der Waals surface area contributed by atoms with Crippen LogP contribution in [0.15, 0.2) is 29.1 Å². The predicted octanol–water partition coefficient (Wildman–Crippen LogP) is -0.186. The second-order valence-corrected chi connectivity index (χ2v) is 5.69. The van der Waals surface area contributed by atoms with Crippen LogP contribution in [0.1, 0.15) is 25.7 Å². The van der Waals surface area contributed by atoms with E-state index >= 15 is 0 Å². The van der Waals surface area contributed by atoms with Crippen molar-refractivity contribution in [2.45, 2.75) is 37.8 Å². The Hall–Kier alpha value is 0.179. The number of nitrogens with zero attached hydrogens (tertiary/aromatic N) is 2. The Bertz CT molecular complexity index is 558. The molecule has 2 N–H and O–H groups in total. The van der Waals surface area contributed by atoms with E-state index in [1.807, 2.05) is 10.5 Å². The first-order valence-corrected chi connectivity index (χ1v) is 7.09. The number of aliphatic hydroxyl groups is 1. The van der Waals surface area contributed by atoms with E-state index in [1.165, 1.54) is 0 Å². The summed E-state index contributed by atoms with van der Waals surface area (Å²) < 4.78 is 2.97. The van der Waals surface area contributed by atoms with Gasteiger partial charge >= 0.3 is 17.1 Å². The monoisotopic (exact) mass is 499 g/mol. The van der Waals surface area contributed by atoms with Gasteiger partial charge in [-0.3, -0.25) is 4.40 Å². The zero-order valence-electron chi connectivity index (χ0n) is 10.7. The van der Waals surface area contributed by atoms with Crippen LogP contribution in [0.4, 0.5) is 5.69 Å². The number of fused-ring (bicyclic) bond motifs is 1. The van der Waals surface area contributed by atoms with Crippen molar-refractivity contribution in [1.82, 2.24) is 9.38 Å². The van der Waals surface area contributed by atoms with Crippen LogP contribution in [0, 0.1) is 0 Å². The first kappa shape index (κ1) is 18.2. The van der Waals surface area contributed by atoms with E-state index in [0.717, 1.165) is 41.6 Å². The molecule has 0 atom stereocenters. The van der Waals surface area contributed by atoms with Gasteiger partial charge in [-0.15, -0.1) is 0 Å². The molecule has 114 valence electrons. The van der Waals surface area contributed by atoms with Crippen LogP contribution in [0.5, 0.6) is 0 Å². The summed E-state index contributed by atoms with van der Waals surface area (Å²) in [7, 11) is 0. The predicted molar refractivity (Wildman–Crippen MR) is 74.8 cm³/mol. The fraction of sp³-hybridized carbons (Fsp3) is 0.462. The molecule has 0 aromatic carbocycles. The van der Waals surface area contributed by atoms with Crippen molar-refractivity contribution in [3.8, 4) is 0 Å². The average Bonchev–Trinajstić information content (AvgIpc) is 2.74. The molecule has 1 saturated carbocycles. The molecule has 0 spiro atoms. The molecule has 1 aliphatic carbocycles. The Morgan fingerprint density at radius 1 is 1.25 bits per heavy atom. The third-order valence-electron chi connectivity index (χ3n) is 3.53. The normalized spacial score (nSPS) is 21.9. The third-order valence-corrected chi connectivity index (χ3v) is 4.11. The van der Waals surface area contributed by atoms with E-state index in [9.17, 15) is 5.11 Å². The smallest absolute Gasteiger partial charge is 1.00 e. The van der Waals surface area contributed by atoms with Crippen molar-refractivity contribution in [3.63, 3.8) is 0 Å². The third kappa shape index (κ3) is 4.10. The number of imidazole rings is 1. The molecule has 1 aliphatic rings. The van der Waals surface area contributed by atoms with Gasteiger partial charge < -0.3 is 34.4 Å². The van der Waals surface area contributed by atoms with Gasteiger partial charge in [-0.2, -0.15) is 0 Å². The SMILES string of the molecule is OC1CCC(Nc2ccc3ncc(Br)n3c2)CC1.[Cu+].[I-]. The molecular weight excluding hydrogens is 485 g/mol. The molecular formula is C13H16BrCuIN3O. The topological polar surface area (TPSA) is 49.6 Å². The van der Waals surface area contributed by atoms with Crippen molar-refractivity contribution in [2.75, 3.05) is 5.32 Å². The minimum atomic E-state index is -0.103. The summed E-state index contributed by atoms with van der Waals surface area (Å²) in [6.07, 6.45) is 7.61. The molecule has 3 rings (SSSR count). The number of pyridine rings is 1. The molecule has 0 radical (unpaired) electrons. The van der Waals surface area contributed by atoms with Crippen LogP contribution >= 0.6 is 15.9 Å². The minimum Gasteiger partial charge on any atom is -1.00 e. The molecule has 4 nitrogen and oxygen atoms in total. The molecule has 2 aromatic heterocycles. The van der Waals surface area contributed by atoms with Gasteiger partial charge in [0.25, 0.3) is 0 Å². The summed E-state index contributed by atoms with van der Waals surface area (Å²) in [6.45, 7) is 0. The molecule has 0 saturated heterocycles. The molecule has 0 aliphatic heterocycles. The van der Waals surface area contributed by atoms with E-state index in [2.05, 4.69) is 38.5 Å². The van der Waals surface area contributed by atoms with Gasteiger partial charge in [0.1, 0.15) is 10.3 Å². The van der Waals surface area contributed by atoms with Gasteiger partial charge in [-0.05, 0) is 53.7 Å². The van der Waals surface area contributed by atoms with Crippen LogP contribution in [0.3, 0.4) is 0 Å². The number of aromatic nitrogens is 2. The van der Waals surface area contributed by atoms with Crippen LogP contribution in [-0.4, -0.2) is 26.6 Å². The molecule has 0 bridgehead atoms. The minimum absolute atomic E-state index is 0. The zero-order valence-corrected chi connectivity index (χ0v) is 15.4. The van der Waals surface area contributed by atoms with E-state index in [4.69, 9.17) is 0 Å². The molecule has 2 aromatic rings. The number of halogens is 2. The number of hydrogen-bond acceptors (Lipinski definition) is 3. The number of anilines is 1. The van der Waals surface area contributed by atoms with Gasteiger partial charge in [0.2, 0.25) is 0 Å². The van der Waals surface area contributed by atoms with Crippen molar-refractivity contribution < 1.29 is 46.2 Å². The molecule has 20 heavy (non-hydrogen) atoms. The van der Waals surface area contributed by atoms with E-state index in [1.54, 1.807) is 6.20 Å². The molecule has 0 unspecified atom stereocenters. The summed E-state index contributed by atoms with van der Waals surface area (Å²) in [5.41, 5.74) is 2.04. The Morgan fingerprint density at radius 2 is 1.95 bits per heavy atom. The molecule has 7 heteroatoms. The van der Waals surface area contributed by atoms with Crippen molar-refractivity contribution in [3.05, 3.63) is 29.1 Å². The van der Waals surface area contributed by atoms with Crippen molar-refractivity contribution in [2.24, 2.45) is 0 Å². The second kappa shape index (κ2) is 7.98. The van der Waals surface area contributed by atoms with E-state index in [0.29, 0.717) is 6.04 Å². The van der Waals surface area contributed by atoms with E-state index < -0.39 is 0 Å². The van der Waals surface area contributed by atoms with Crippen LogP contribution in [0.25, 0.3) is 5.65 Å². The maximum absolute atomic E-state index is 9.50. The van der Waals surface area contributed by atoms with Crippen LogP contribution in [-0.2, 0) is 17.1 Å². The van der Waals surface area contributed by atoms with Gasteiger partial charge in [0, 0.05) is 12.2 Å². The second-order valence-electron chi connectivity index (χ2n) is 4.88. The number of aliphatic hydroxyl groups excluding tert-OH is 1. The summed E-state index contributed by atoms with van der Waals surface area (Å²) in [4.78, 5) is 4.27. The summed E-state index contributed by atoms with van der Waals surface area (Å²) >= 11 is 3.47. The summed E-state index contributed by atoms with van der Waals surface area (Å²) in [6, 6.07) is 4.53. The quantitative estimate of drug-likeness (QED) is 0.444. The average molecular weight is 501 g/mol. The largest absolute Gasteiger partial charge is 1.00 e. The zero-order chi connectivity index (χ0) is 12.5. The Labute approximate surface area is 154 Å². The van der Waals surface area contributed by atoms with Crippen molar-refractivity contribution >= 4 is 27.3 Å². The standard InChI is InChI=1S/C13H16BrN3O.Cu.HI/c14-12-7-15-13-6-3-10(8-17(12)13)16-9-1-4-11(18)5-2-9;;/h3,6-9,11,16,18H,1-2,4-5H2;;1H/q;+1;/p-1. The fourth-order valence-electron chi connectivity index (χ4n) is 2.49. The molecule has 2 heterocycles. The first-order valence-electron chi connectivity index (χ1n) is 6.29. The van der Waals surface area contributed by atoms with Crippen LogP contribution < -0.4 is 29.3 Å². The number of rotatable bonds is 2. The number of nitrogens with one attached hydrogen (secondary N) is 1. The van der Waals surface area contributed by atoms with Gasteiger partial charge in [-0.1, -0.05) is 0 Å². The Morgan fingerprint density at radius 3 is 2.65 bits per heavy atom. The fourth-order valence-corrected chi connectivity index (χ4v) is 2.88. The molecule has 0 amide bonds. The first-order chi connectivity index (χ1) is 8.72. The molecule has 1 fully saturated rings. The number of hydrogen-bond donors (Lipinski definition) is 2. The van der Waals surface area contributed by atoms with Gasteiger partial charge in [-0.25, -0.2) is 4.98 Å². The van der Waals surface area contributed by atoms with E-state index in [-0.39, 0.29) is 47.1 Å². The van der Waals surface area contributed by atoms with Crippen molar-refractivity contribution in [1.29, 1.82) is 0 Å². The Balaban J connectivity index is 0.000001000.